The van der Waals surface area contributed by atoms with Crippen molar-refractivity contribution in [3.8, 4) is 0 Å². The Bertz CT molecular complexity index is 746. The molecule has 0 spiro atoms. The second kappa shape index (κ2) is 11.8. The van der Waals surface area contributed by atoms with E-state index in [9.17, 15) is 9.59 Å². The lowest BCUT2D eigenvalue weighted by Crippen LogP contribution is -2.15. The van der Waals surface area contributed by atoms with Gasteiger partial charge in [0.15, 0.2) is 0 Å². The van der Waals surface area contributed by atoms with Crippen molar-refractivity contribution in [2.75, 3.05) is 13.6 Å². The zero-order valence-electron chi connectivity index (χ0n) is 17.0. The molecule has 1 heterocycles. The van der Waals surface area contributed by atoms with Crippen molar-refractivity contribution in [3.63, 3.8) is 0 Å². The number of aliphatic carboxylic acids is 2. The van der Waals surface area contributed by atoms with Gasteiger partial charge in [-0.1, -0.05) is 49.6 Å². The standard InChI is InChI=1S/C19H26N2.C4H4O4/c1-21-14-8-13-18(21)15-19(16-9-4-2-5-10-16)20-17-11-6-3-7-12-17;5-3(6)1-2-4(7)8/h2,4-5,9-10,15,17H,3,6-8,11-14H2,1H3;1-2H,(H,5,6)(H,7,8)/b;2-1+. The Hall–Kier alpha value is -2.89. The first kappa shape index (κ1) is 22.4. The third-order valence-corrected chi connectivity index (χ3v) is 5.05. The van der Waals surface area contributed by atoms with Crippen molar-refractivity contribution in [2.24, 2.45) is 4.99 Å². The van der Waals surface area contributed by atoms with Gasteiger partial charge in [0.1, 0.15) is 0 Å². The third-order valence-electron chi connectivity index (χ3n) is 5.05. The molecule has 0 unspecified atom stereocenters. The van der Waals surface area contributed by atoms with Gasteiger partial charge in [0.05, 0.1) is 11.8 Å². The normalized spacial score (nSPS) is 19.3. The van der Waals surface area contributed by atoms with Crippen LogP contribution in [0.2, 0.25) is 0 Å². The fraction of sp³-hybridized carbons (Fsp3) is 0.435. The minimum absolute atomic E-state index is 0.525. The molecular weight excluding hydrogens is 368 g/mol. The van der Waals surface area contributed by atoms with Crippen LogP contribution in [0.25, 0.3) is 0 Å². The molecule has 1 aliphatic carbocycles. The Balaban J connectivity index is 0.000000321. The Kier molecular flexibility index (Phi) is 9.15. The van der Waals surface area contributed by atoms with Crippen molar-refractivity contribution < 1.29 is 19.8 Å². The van der Waals surface area contributed by atoms with E-state index in [2.05, 4.69) is 48.4 Å². The molecule has 6 nitrogen and oxygen atoms in total. The van der Waals surface area contributed by atoms with E-state index in [1.807, 2.05) is 0 Å². The van der Waals surface area contributed by atoms with Gasteiger partial charge >= 0.3 is 11.9 Å². The number of hydrogen-bond donors (Lipinski definition) is 2. The molecule has 0 amide bonds. The molecular formula is C23H30N2O4. The number of carbonyl (C=O) groups is 2. The molecule has 6 heteroatoms. The topological polar surface area (TPSA) is 90.2 Å². The van der Waals surface area contributed by atoms with Gasteiger partial charge in [0.25, 0.3) is 0 Å². The number of carboxylic acid groups (broad SMARTS) is 2. The van der Waals surface area contributed by atoms with E-state index in [1.54, 1.807) is 0 Å². The highest BCUT2D eigenvalue weighted by Crippen LogP contribution is 2.23. The molecule has 29 heavy (non-hydrogen) atoms. The van der Waals surface area contributed by atoms with Crippen LogP contribution in [0, 0.1) is 0 Å². The van der Waals surface area contributed by atoms with Crippen LogP contribution >= 0.6 is 0 Å². The van der Waals surface area contributed by atoms with Crippen LogP contribution in [0.1, 0.15) is 50.5 Å². The van der Waals surface area contributed by atoms with Crippen LogP contribution in [-0.2, 0) is 9.59 Å². The van der Waals surface area contributed by atoms with Crippen LogP contribution in [0.4, 0.5) is 0 Å². The van der Waals surface area contributed by atoms with Gasteiger partial charge in [-0.25, -0.2) is 9.59 Å². The number of rotatable bonds is 5. The fourth-order valence-corrected chi connectivity index (χ4v) is 3.53. The number of benzene rings is 1. The molecule has 1 saturated heterocycles. The van der Waals surface area contributed by atoms with E-state index >= 15 is 0 Å². The van der Waals surface area contributed by atoms with E-state index in [1.165, 1.54) is 68.5 Å². The molecule has 156 valence electrons. The Morgan fingerprint density at radius 1 is 1.00 bits per heavy atom. The zero-order valence-corrected chi connectivity index (χ0v) is 17.0. The average molecular weight is 399 g/mol. The third kappa shape index (κ3) is 8.34. The highest BCUT2D eigenvalue weighted by Gasteiger charge is 2.16. The van der Waals surface area contributed by atoms with Gasteiger partial charge in [-0.05, 0) is 37.3 Å². The Labute approximate surface area is 172 Å². The molecule has 3 rings (SSSR count). The first-order chi connectivity index (χ1) is 14.0. The van der Waals surface area contributed by atoms with Crippen molar-refractivity contribution >= 4 is 17.7 Å². The number of allylic oxidation sites excluding steroid dienone is 2. The summed E-state index contributed by atoms with van der Waals surface area (Å²) in [6.07, 6.45) is 12.5. The molecule has 1 aromatic rings. The van der Waals surface area contributed by atoms with Gasteiger partial charge in [-0.3, -0.25) is 4.99 Å². The maximum atomic E-state index is 9.55. The van der Waals surface area contributed by atoms with Crippen LogP contribution in [0.5, 0.6) is 0 Å². The number of carboxylic acids is 2. The number of nitrogens with zero attached hydrogens (tertiary/aromatic N) is 2. The molecule has 1 saturated carbocycles. The number of hydrogen-bond acceptors (Lipinski definition) is 4. The van der Waals surface area contributed by atoms with E-state index in [-0.39, 0.29) is 0 Å². The van der Waals surface area contributed by atoms with E-state index in [0.717, 1.165) is 0 Å². The molecule has 2 aliphatic rings. The number of likely N-dealkylation sites (tertiary alicyclic amines) is 1. The molecule has 2 fully saturated rings. The Morgan fingerprint density at radius 2 is 1.62 bits per heavy atom. The SMILES string of the molecule is CN1CCCC1=CC(=NC1CCCCC1)c1ccccc1.O=C(O)/C=C/C(=O)O. The molecule has 0 radical (unpaired) electrons. The maximum Gasteiger partial charge on any atom is 0.328 e. The molecule has 1 aliphatic heterocycles. The smallest absolute Gasteiger partial charge is 0.328 e. The highest BCUT2D eigenvalue weighted by atomic mass is 16.4. The highest BCUT2D eigenvalue weighted by molar-refractivity contribution is 6.09. The quantitative estimate of drug-likeness (QED) is 0.575. The van der Waals surface area contributed by atoms with Crippen LogP contribution in [0.15, 0.2) is 59.2 Å². The van der Waals surface area contributed by atoms with Gasteiger partial charge in [0.2, 0.25) is 0 Å². The second-order valence-corrected chi connectivity index (χ2v) is 7.34. The summed E-state index contributed by atoms with van der Waals surface area (Å²) in [6, 6.07) is 11.2. The van der Waals surface area contributed by atoms with Crippen LogP contribution in [-0.4, -0.2) is 52.4 Å². The lowest BCUT2D eigenvalue weighted by Gasteiger charge is -2.19. The van der Waals surface area contributed by atoms with Crippen molar-refractivity contribution in [3.05, 3.63) is 59.8 Å². The summed E-state index contributed by atoms with van der Waals surface area (Å²) in [4.78, 5) is 26.6. The number of aliphatic imine (C=N–C) groups is 1. The second-order valence-electron chi connectivity index (χ2n) is 7.34. The largest absolute Gasteiger partial charge is 0.478 e. The predicted molar refractivity (Wildman–Crippen MR) is 114 cm³/mol. The first-order valence-electron chi connectivity index (χ1n) is 10.1. The molecule has 0 bridgehead atoms. The van der Waals surface area contributed by atoms with Crippen molar-refractivity contribution in [1.29, 1.82) is 0 Å². The van der Waals surface area contributed by atoms with Crippen molar-refractivity contribution in [1.82, 2.24) is 4.90 Å². The Morgan fingerprint density at radius 3 is 2.14 bits per heavy atom. The maximum absolute atomic E-state index is 9.55. The summed E-state index contributed by atoms with van der Waals surface area (Å²) in [7, 11) is 2.20. The first-order valence-corrected chi connectivity index (χ1v) is 10.1. The van der Waals surface area contributed by atoms with Crippen molar-refractivity contribution in [2.45, 2.75) is 51.0 Å². The molecule has 0 aromatic heterocycles. The van der Waals surface area contributed by atoms with Gasteiger partial charge in [-0.2, -0.15) is 0 Å². The zero-order chi connectivity index (χ0) is 21.1. The predicted octanol–water partition coefficient (Wildman–Crippen LogP) is 4.13. The monoisotopic (exact) mass is 398 g/mol. The van der Waals surface area contributed by atoms with Gasteiger partial charge in [0, 0.05) is 31.4 Å². The van der Waals surface area contributed by atoms with Crippen LogP contribution in [0.3, 0.4) is 0 Å². The fourth-order valence-electron chi connectivity index (χ4n) is 3.53. The molecule has 0 atom stereocenters. The summed E-state index contributed by atoms with van der Waals surface area (Å²) in [6.45, 7) is 1.18. The summed E-state index contributed by atoms with van der Waals surface area (Å²) >= 11 is 0. The summed E-state index contributed by atoms with van der Waals surface area (Å²) in [5.74, 6) is -2.51. The molecule has 2 N–H and O–H groups in total. The van der Waals surface area contributed by atoms with Gasteiger partial charge < -0.3 is 15.1 Å². The van der Waals surface area contributed by atoms with E-state index in [4.69, 9.17) is 15.2 Å². The minimum atomic E-state index is -1.26. The van der Waals surface area contributed by atoms with E-state index < -0.39 is 11.9 Å². The lowest BCUT2D eigenvalue weighted by molar-refractivity contribution is -0.134. The van der Waals surface area contributed by atoms with Gasteiger partial charge in [-0.15, -0.1) is 0 Å². The average Bonchev–Trinajstić information content (AvgIpc) is 3.12. The minimum Gasteiger partial charge on any atom is -0.478 e. The summed E-state index contributed by atoms with van der Waals surface area (Å²) < 4.78 is 0. The lowest BCUT2D eigenvalue weighted by atomic mass is 9.95. The summed E-state index contributed by atoms with van der Waals surface area (Å²) in [5, 5.41) is 15.6. The summed E-state index contributed by atoms with van der Waals surface area (Å²) in [5.41, 5.74) is 3.88. The molecule has 1 aromatic carbocycles. The van der Waals surface area contributed by atoms with Crippen LogP contribution < -0.4 is 0 Å². The van der Waals surface area contributed by atoms with E-state index in [0.29, 0.717) is 18.2 Å².